The summed E-state index contributed by atoms with van der Waals surface area (Å²) in [7, 11) is 0. The van der Waals surface area contributed by atoms with E-state index >= 15 is 0 Å². The number of anilines is 1. The lowest BCUT2D eigenvalue weighted by molar-refractivity contribution is -0.158. The lowest BCUT2D eigenvalue weighted by atomic mass is 10.1. The Kier molecular flexibility index (Phi) is 5.18. The minimum atomic E-state index is -1.17. The van der Waals surface area contributed by atoms with E-state index in [1.165, 1.54) is 11.8 Å². The molecule has 128 valence electrons. The number of amides is 4. The molecule has 24 heavy (non-hydrogen) atoms. The molecule has 4 amide bonds. The molecule has 1 aliphatic rings. The van der Waals surface area contributed by atoms with Gasteiger partial charge in [-0.2, -0.15) is 0 Å². The molecule has 1 aliphatic heterocycles. The molecule has 1 heterocycles. The lowest BCUT2D eigenvalue weighted by Crippen LogP contribution is -2.42. The highest BCUT2D eigenvalue weighted by Crippen LogP contribution is 2.26. The zero-order valence-corrected chi connectivity index (χ0v) is 13.4. The van der Waals surface area contributed by atoms with Gasteiger partial charge < -0.3 is 15.4 Å². The maximum absolute atomic E-state index is 12.1. The number of primary amides is 1. The van der Waals surface area contributed by atoms with E-state index in [0.29, 0.717) is 5.69 Å². The summed E-state index contributed by atoms with van der Waals surface area (Å²) in [6.45, 7) is 3.45. The highest BCUT2D eigenvalue weighted by molar-refractivity contribution is 6.00. The van der Waals surface area contributed by atoms with E-state index in [-0.39, 0.29) is 18.9 Å². The minimum Gasteiger partial charge on any atom is -0.452 e. The quantitative estimate of drug-likeness (QED) is 0.777. The van der Waals surface area contributed by atoms with Crippen molar-refractivity contribution in [2.75, 3.05) is 11.4 Å². The van der Waals surface area contributed by atoms with Gasteiger partial charge in [0, 0.05) is 18.7 Å². The molecule has 2 rings (SSSR count). The molecule has 0 bridgehead atoms. The zero-order valence-electron chi connectivity index (χ0n) is 13.4. The van der Waals surface area contributed by atoms with Gasteiger partial charge in [0.15, 0.2) is 6.10 Å². The number of benzene rings is 1. The normalized spacial score (nSPS) is 18.2. The molecule has 3 N–H and O–H groups in total. The number of nitrogens with two attached hydrogens (primary N) is 1. The molecule has 0 aliphatic carbocycles. The fraction of sp³-hybridized carbons (Fsp3) is 0.375. The van der Waals surface area contributed by atoms with Gasteiger partial charge in [-0.3, -0.25) is 19.7 Å². The van der Waals surface area contributed by atoms with Crippen LogP contribution in [0.15, 0.2) is 24.3 Å². The van der Waals surface area contributed by atoms with Gasteiger partial charge >= 0.3 is 12.0 Å². The van der Waals surface area contributed by atoms with E-state index in [4.69, 9.17) is 10.5 Å². The van der Waals surface area contributed by atoms with Crippen molar-refractivity contribution in [3.05, 3.63) is 29.8 Å². The summed E-state index contributed by atoms with van der Waals surface area (Å²) in [6.07, 6.45) is -1.16. The van der Waals surface area contributed by atoms with Crippen LogP contribution in [0.2, 0.25) is 0 Å². The molecule has 0 aromatic heterocycles. The molecular formula is C16H19N3O5. The number of aryl methyl sites for hydroxylation is 1. The largest absolute Gasteiger partial charge is 0.452 e. The SMILES string of the molecule is Cc1ccc(N2CC(C(=O)OC(C)C(=O)NC(N)=O)CC2=O)cc1. The number of imide groups is 1. The summed E-state index contributed by atoms with van der Waals surface area (Å²) in [5.41, 5.74) is 6.61. The molecule has 2 unspecified atom stereocenters. The van der Waals surface area contributed by atoms with E-state index < -0.39 is 29.9 Å². The zero-order chi connectivity index (χ0) is 17.9. The summed E-state index contributed by atoms with van der Waals surface area (Å²) in [5, 5.41) is 1.83. The third kappa shape index (κ3) is 4.09. The molecule has 0 saturated carbocycles. The van der Waals surface area contributed by atoms with Crippen LogP contribution >= 0.6 is 0 Å². The van der Waals surface area contributed by atoms with E-state index in [0.717, 1.165) is 5.56 Å². The summed E-state index contributed by atoms with van der Waals surface area (Å²) in [6, 6.07) is 6.35. The number of carbonyl (C=O) groups excluding carboxylic acids is 4. The van der Waals surface area contributed by atoms with Crippen molar-refractivity contribution in [2.24, 2.45) is 11.7 Å². The second kappa shape index (κ2) is 7.12. The number of urea groups is 1. The van der Waals surface area contributed by atoms with Gasteiger partial charge in [0.05, 0.1) is 5.92 Å². The van der Waals surface area contributed by atoms with E-state index in [1.54, 1.807) is 0 Å². The van der Waals surface area contributed by atoms with Gasteiger partial charge in [0.1, 0.15) is 0 Å². The minimum absolute atomic E-state index is 0.0108. The van der Waals surface area contributed by atoms with Crippen molar-refractivity contribution in [1.82, 2.24) is 5.32 Å². The monoisotopic (exact) mass is 333 g/mol. The first-order valence-corrected chi connectivity index (χ1v) is 7.45. The van der Waals surface area contributed by atoms with E-state index in [1.807, 2.05) is 36.5 Å². The number of ether oxygens (including phenoxy) is 1. The third-order valence-corrected chi connectivity index (χ3v) is 3.71. The molecule has 8 nitrogen and oxygen atoms in total. The average Bonchev–Trinajstić information content (AvgIpc) is 2.89. The van der Waals surface area contributed by atoms with Crippen LogP contribution in [0.4, 0.5) is 10.5 Å². The van der Waals surface area contributed by atoms with Gasteiger partial charge in [-0.05, 0) is 26.0 Å². The van der Waals surface area contributed by atoms with Crippen molar-refractivity contribution >= 4 is 29.5 Å². The molecule has 1 fully saturated rings. The maximum Gasteiger partial charge on any atom is 0.318 e. The standard InChI is InChI=1S/C16H19N3O5/c1-9-3-5-12(6-4-9)19-8-11(7-13(19)20)15(22)24-10(2)14(21)18-16(17)23/h3-6,10-11H,7-8H2,1-2H3,(H3,17,18,21,23). The fourth-order valence-corrected chi connectivity index (χ4v) is 2.39. The number of esters is 1. The summed E-state index contributed by atoms with van der Waals surface area (Å²) in [4.78, 5) is 47.9. The number of nitrogens with one attached hydrogen (secondary N) is 1. The van der Waals surface area contributed by atoms with Crippen molar-refractivity contribution in [1.29, 1.82) is 0 Å². The molecule has 2 atom stereocenters. The summed E-state index contributed by atoms with van der Waals surface area (Å²) in [5.74, 6) is -2.32. The Morgan fingerprint density at radius 2 is 1.92 bits per heavy atom. The third-order valence-electron chi connectivity index (χ3n) is 3.71. The number of rotatable bonds is 4. The first-order chi connectivity index (χ1) is 11.3. The second-order valence-corrected chi connectivity index (χ2v) is 5.67. The number of hydrogen-bond acceptors (Lipinski definition) is 5. The van der Waals surface area contributed by atoms with Crippen LogP contribution < -0.4 is 16.0 Å². The van der Waals surface area contributed by atoms with Crippen molar-refractivity contribution in [2.45, 2.75) is 26.4 Å². The van der Waals surface area contributed by atoms with Crippen LogP contribution in [0.5, 0.6) is 0 Å². The van der Waals surface area contributed by atoms with Gasteiger partial charge in [-0.25, -0.2) is 4.79 Å². The number of nitrogens with zero attached hydrogens (tertiary/aromatic N) is 1. The predicted molar refractivity (Wildman–Crippen MR) is 84.9 cm³/mol. The Morgan fingerprint density at radius 1 is 1.29 bits per heavy atom. The van der Waals surface area contributed by atoms with Gasteiger partial charge in [-0.15, -0.1) is 0 Å². The first-order valence-electron chi connectivity index (χ1n) is 7.45. The molecular weight excluding hydrogens is 314 g/mol. The number of hydrogen-bond donors (Lipinski definition) is 2. The van der Waals surface area contributed by atoms with Crippen LogP contribution in [0, 0.1) is 12.8 Å². The van der Waals surface area contributed by atoms with Crippen LogP contribution in [0.1, 0.15) is 18.9 Å². The molecule has 0 radical (unpaired) electrons. The Hall–Kier alpha value is -2.90. The van der Waals surface area contributed by atoms with Crippen molar-refractivity contribution in [3.8, 4) is 0 Å². The molecule has 8 heteroatoms. The van der Waals surface area contributed by atoms with Gasteiger partial charge in [-0.1, -0.05) is 17.7 Å². The Bertz CT molecular complexity index is 671. The van der Waals surface area contributed by atoms with Crippen LogP contribution in [0.25, 0.3) is 0 Å². The first kappa shape index (κ1) is 17.5. The second-order valence-electron chi connectivity index (χ2n) is 5.67. The van der Waals surface area contributed by atoms with Crippen LogP contribution in [-0.2, 0) is 19.1 Å². The summed E-state index contributed by atoms with van der Waals surface area (Å²) < 4.78 is 5.01. The highest BCUT2D eigenvalue weighted by atomic mass is 16.5. The molecule has 1 aromatic rings. The predicted octanol–water partition coefficient (Wildman–Crippen LogP) is 0.475. The van der Waals surface area contributed by atoms with E-state index in [9.17, 15) is 19.2 Å². The summed E-state index contributed by atoms with van der Waals surface area (Å²) >= 11 is 0. The van der Waals surface area contributed by atoms with Crippen molar-refractivity contribution in [3.63, 3.8) is 0 Å². The average molecular weight is 333 g/mol. The smallest absolute Gasteiger partial charge is 0.318 e. The van der Waals surface area contributed by atoms with Crippen molar-refractivity contribution < 1.29 is 23.9 Å². The van der Waals surface area contributed by atoms with Gasteiger partial charge in [0.2, 0.25) is 5.91 Å². The van der Waals surface area contributed by atoms with E-state index in [2.05, 4.69) is 0 Å². The van der Waals surface area contributed by atoms with Crippen LogP contribution in [-0.4, -0.2) is 36.5 Å². The Labute approximate surface area is 138 Å². The molecule has 1 saturated heterocycles. The Morgan fingerprint density at radius 3 is 2.50 bits per heavy atom. The Balaban J connectivity index is 1.97. The number of carbonyl (C=O) groups is 4. The van der Waals surface area contributed by atoms with Gasteiger partial charge in [0.25, 0.3) is 5.91 Å². The fourth-order valence-electron chi connectivity index (χ4n) is 2.39. The lowest BCUT2D eigenvalue weighted by Gasteiger charge is -2.17. The maximum atomic E-state index is 12.1. The van der Waals surface area contributed by atoms with Crippen LogP contribution in [0.3, 0.4) is 0 Å². The molecule has 1 aromatic carbocycles. The topological polar surface area (TPSA) is 119 Å². The highest BCUT2D eigenvalue weighted by Gasteiger charge is 2.37. The molecule has 0 spiro atoms.